The molecule has 0 bridgehead atoms. The zero-order valence-electron chi connectivity index (χ0n) is 5.61. The Hall–Kier alpha value is -0.590. The van der Waals surface area contributed by atoms with E-state index >= 15 is 0 Å². The maximum atomic E-state index is 6.08. The number of hydrogen-bond acceptors (Lipinski definition) is 1. The van der Waals surface area contributed by atoms with Gasteiger partial charge < -0.3 is 5.41 Å². The highest BCUT2D eigenvalue weighted by atomic mass is 14.3. The summed E-state index contributed by atoms with van der Waals surface area (Å²) < 4.78 is 0. The van der Waals surface area contributed by atoms with Crippen molar-refractivity contribution in [3.8, 4) is 0 Å². The molecule has 0 saturated heterocycles. The van der Waals surface area contributed by atoms with Crippen LogP contribution in [0, 0.1) is 5.41 Å². The topological polar surface area (TPSA) is 23.9 Å². The monoisotopic (exact) mass is 113 g/mol. The summed E-state index contributed by atoms with van der Waals surface area (Å²) in [5.41, 5.74) is 0. The Morgan fingerprint density at radius 1 is 1.25 bits per heavy atom. The first-order valence-electron chi connectivity index (χ1n) is 2.87. The molecule has 0 spiro atoms. The summed E-state index contributed by atoms with van der Waals surface area (Å²) >= 11 is 0. The van der Waals surface area contributed by atoms with Crippen molar-refractivity contribution in [3.05, 3.63) is 13.2 Å². The molecule has 0 aromatic rings. The van der Waals surface area contributed by atoms with Gasteiger partial charge in [0, 0.05) is 0 Å². The van der Waals surface area contributed by atoms with Crippen LogP contribution in [0.2, 0.25) is 0 Å². The molecule has 0 unspecified atom stereocenters. The van der Waals surface area contributed by atoms with Crippen molar-refractivity contribution < 1.29 is 0 Å². The van der Waals surface area contributed by atoms with Crippen molar-refractivity contribution in [2.24, 2.45) is 0 Å². The molecule has 1 aliphatic rings. The van der Waals surface area contributed by atoms with Crippen molar-refractivity contribution in [2.45, 2.75) is 26.2 Å². The third kappa shape index (κ3) is 626. The highest BCUT2D eigenvalue weighted by molar-refractivity contribution is 5.48. The number of rotatable bonds is 0. The van der Waals surface area contributed by atoms with Gasteiger partial charge in [-0.2, -0.15) is 0 Å². The Morgan fingerprint density at radius 2 is 1.38 bits per heavy atom. The van der Waals surface area contributed by atoms with Crippen molar-refractivity contribution >= 4 is 6.21 Å². The van der Waals surface area contributed by atoms with Gasteiger partial charge in [0.1, 0.15) is 0 Å². The Kier molecular flexibility index (Phi) is 21.0. The van der Waals surface area contributed by atoms with Crippen LogP contribution >= 0.6 is 0 Å². The molecular weight excluding hydrogens is 98.1 g/mol. The molecule has 1 N–H and O–H groups in total. The lowest BCUT2D eigenvalue weighted by Gasteiger charge is -1.30. The molecule has 1 heteroatoms. The summed E-state index contributed by atoms with van der Waals surface area (Å²) in [6.07, 6.45) is 5.75. The highest BCUT2D eigenvalue weighted by Crippen LogP contribution is 2.14. The van der Waals surface area contributed by atoms with Crippen LogP contribution < -0.4 is 0 Å². The standard InChI is InChI=1S/C3H6.C2H5N.C2H4/c1-2-3-1;1-2-3;1-2/h1-3H2;2-3H,1H3;1-2H2. The molecular formula is C7H15N. The largest absolute Gasteiger partial charge is 0.313 e. The second kappa shape index (κ2) is 16.1. The van der Waals surface area contributed by atoms with E-state index in [1.54, 1.807) is 6.92 Å². The SMILES string of the molecule is C1CC1.C=C.CC=N. The van der Waals surface area contributed by atoms with Gasteiger partial charge in [0.2, 0.25) is 0 Å². The summed E-state index contributed by atoms with van der Waals surface area (Å²) in [5, 5.41) is 6.08. The van der Waals surface area contributed by atoms with E-state index in [9.17, 15) is 0 Å². The van der Waals surface area contributed by atoms with Crippen LogP contribution in [-0.4, -0.2) is 6.21 Å². The highest BCUT2D eigenvalue weighted by Gasteiger charge is 1.95. The first-order chi connectivity index (χ1) is 3.91. The van der Waals surface area contributed by atoms with E-state index in [0.717, 1.165) is 0 Å². The average Bonchev–Trinajstić information content (AvgIpc) is 2.54. The van der Waals surface area contributed by atoms with Gasteiger partial charge >= 0.3 is 0 Å². The molecule has 1 aliphatic carbocycles. The van der Waals surface area contributed by atoms with Gasteiger partial charge in [0.25, 0.3) is 0 Å². The van der Waals surface area contributed by atoms with Crippen LogP contribution in [0.5, 0.6) is 0 Å². The quantitative estimate of drug-likeness (QED) is 0.369. The van der Waals surface area contributed by atoms with Gasteiger partial charge in [-0.05, 0) is 13.1 Å². The molecule has 1 rings (SSSR count). The van der Waals surface area contributed by atoms with Gasteiger partial charge in [-0.3, -0.25) is 0 Å². The smallest absolute Gasteiger partial charge is 0.00788 e. The van der Waals surface area contributed by atoms with Gasteiger partial charge in [0.05, 0.1) is 0 Å². The zero-order chi connectivity index (χ0) is 6.83. The van der Waals surface area contributed by atoms with E-state index in [2.05, 4.69) is 13.2 Å². The molecule has 1 saturated carbocycles. The normalized spacial score (nSPS) is 11.1. The molecule has 0 aliphatic heterocycles. The predicted octanol–water partition coefficient (Wildman–Crippen LogP) is 2.63. The molecule has 48 valence electrons. The minimum atomic E-state index is 1.25. The van der Waals surface area contributed by atoms with Crippen LogP contribution in [0.3, 0.4) is 0 Å². The maximum Gasteiger partial charge on any atom is -0.00788 e. The van der Waals surface area contributed by atoms with E-state index in [-0.39, 0.29) is 0 Å². The Morgan fingerprint density at radius 3 is 1.38 bits per heavy atom. The van der Waals surface area contributed by atoms with E-state index in [1.807, 2.05) is 0 Å². The minimum Gasteiger partial charge on any atom is -0.313 e. The van der Waals surface area contributed by atoms with Crippen LogP contribution in [0.15, 0.2) is 13.2 Å². The van der Waals surface area contributed by atoms with Gasteiger partial charge in [-0.1, -0.05) is 19.3 Å². The summed E-state index contributed by atoms with van der Waals surface area (Å²) in [5.74, 6) is 0. The summed E-state index contributed by atoms with van der Waals surface area (Å²) in [4.78, 5) is 0. The van der Waals surface area contributed by atoms with E-state index in [4.69, 9.17) is 5.41 Å². The van der Waals surface area contributed by atoms with Crippen LogP contribution in [0.25, 0.3) is 0 Å². The van der Waals surface area contributed by atoms with Crippen LogP contribution in [0.4, 0.5) is 0 Å². The van der Waals surface area contributed by atoms with E-state index < -0.39 is 0 Å². The van der Waals surface area contributed by atoms with Gasteiger partial charge in [-0.25, -0.2) is 0 Å². The fraction of sp³-hybridized carbons (Fsp3) is 0.571. The number of hydrogen-bond donors (Lipinski definition) is 1. The Bertz CT molecular complexity index is 36.9. The fourth-order valence-corrected chi connectivity index (χ4v) is 0. The second-order valence-corrected chi connectivity index (χ2v) is 1.35. The Balaban J connectivity index is 0. The lowest BCUT2D eigenvalue weighted by Crippen LogP contribution is -1.32. The zero-order valence-corrected chi connectivity index (χ0v) is 5.61. The third-order valence-corrected chi connectivity index (χ3v) is 0.354. The third-order valence-electron chi connectivity index (χ3n) is 0.354. The average molecular weight is 113 g/mol. The molecule has 0 amide bonds. The molecule has 0 heterocycles. The summed E-state index contributed by atoms with van der Waals surface area (Å²) in [6.45, 7) is 7.67. The first-order valence-corrected chi connectivity index (χ1v) is 2.87. The van der Waals surface area contributed by atoms with Crippen molar-refractivity contribution in [3.63, 3.8) is 0 Å². The summed E-state index contributed by atoms with van der Waals surface area (Å²) in [7, 11) is 0. The van der Waals surface area contributed by atoms with Gasteiger partial charge in [0.15, 0.2) is 0 Å². The molecule has 1 fully saturated rings. The lowest BCUT2D eigenvalue weighted by molar-refractivity contribution is 1.50. The molecule has 0 atom stereocenters. The van der Waals surface area contributed by atoms with Gasteiger partial charge in [-0.15, -0.1) is 13.2 Å². The number of nitrogens with one attached hydrogen (secondary N) is 1. The van der Waals surface area contributed by atoms with Crippen molar-refractivity contribution in [1.82, 2.24) is 0 Å². The minimum absolute atomic E-state index is 1.25. The van der Waals surface area contributed by atoms with E-state index in [0.29, 0.717) is 0 Å². The summed E-state index contributed by atoms with van der Waals surface area (Å²) in [6, 6.07) is 0. The molecule has 1 nitrogen and oxygen atoms in total. The van der Waals surface area contributed by atoms with Crippen molar-refractivity contribution in [1.29, 1.82) is 5.41 Å². The molecule has 0 radical (unpaired) electrons. The lowest BCUT2D eigenvalue weighted by atomic mass is 10.9. The Labute approximate surface area is 51.9 Å². The van der Waals surface area contributed by atoms with Crippen molar-refractivity contribution in [2.75, 3.05) is 0 Å². The van der Waals surface area contributed by atoms with E-state index in [1.165, 1.54) is 25.5 Å². The second-order valence-electron chi connectivity index (χ2n) is 1.35. The molecule has 0 aromatic heterocycles. The predicted molar refractivity (Wildman–Crippen MR) is 39.6 cm³/mol. The fourth-order valence-electron chi connectivity index (χ4n) is 0. The van der Waals surface area contributed by atoms with Crippen LogP contribution in [-0.2, 0) is 0 Å². The maximum absolute atomic E-state index is 6.08. The van der Waals surface area contributed by atoms with Crippen LogP contribution in [0.1, 0.15) is 26.2 Å². The molecule has 8 heavy (non-hydrogen) atoms. The first kappa shape index (κ1) is 10.4. The molecule has 0 aromatic carbocycles.